The van der Waals surface area contributed by atoms with E-state index in [2.05, 4.69) is 10.1 Å². The number of carbonyl (C=O) groups excluding carboxylic acids is 2. The number of aliphatic hydroxyl groups is 1. The minimum Gasteiger partial charge on any atom is -0.405 e. The fourth-order valence-corrected chi connectivity index (χ4v) is 4.37. The van der Waals surface area contributed by atoms with E-state index in [9.17, 15) is 22.8 Å². The van der Waals surface area contributed by atoms with E-state index in [1.807, 2.05) is 0 Å². The summed E-state index contributed by atoms with van der Waals surface area (Å²) in [5.41, 5.74) is 1.11. The monoisotopic (exact) mass is 472 g/mol. The largest absolute Gasteiger partial charge is 0.573 e. The average molecular weight is 473 g/mol. The summed E-state index contributed by atoms with van der Waals surface area (Å²) in [5.74, 6) is -1.25. The highest BCUT2D eigenvalue weighted by Crippen LogP contribution is 2.44. The lowest BCUT2D eigenvalue weighted by Crippen LogP contribution is -2.52. The molecular formula is C22H24ClF3N2O4. The molecule has 1 saturated heterocycles. The summed E-state index contributed by atoms with van der Waals surface area (Å²) in [7, 11) is 0. The Morgan fingerprint density at radius 2 is 2.00 bits per heavy atom. The quantitative estimate of drug-likeness (QED) is 0.640. The Morgan fingerprint density at radius 3 is 2.66 bits per heavy atom. The van der Waals surface area contributed by atoms with Crippen LogP contribution >= 0.6 is 11.6 Å². The second kappa shape index (κ2) is 9.54. The van der Waals surface area contributed by atoms with E-state index in [-0.39, 0.29) is 23.6 Å². The first-order chi connectivity index (χ1) is 15.0. The Labute approximate surface area is 188 Å². The first-order valence-electron chi connectivity index (χ1n) is 10.2. The molecule has 0 bridgehead atoms. The van der Waals surface area contributed by atoms with Gasteiger partial charge in [0.05, 0.1) is 4.87 Å². The third-order valence-corrected chi connectivity index (χ3v) is 5.82. The molecule has 2 N–H and O–H groups in total. The molecule has 10 heteroatoms. The van der Waals surface area contributed by atoms with Crippen LogP contribution in [0, 0.1) is 0 Å². The maximum absolute atomic E-state index is 12.8. The fourth-order valence-electron chi connectivity index (χ4n) is 4.06. The van der Waals surface area contributed by atoms with Crippen LogP contribution in [0.15, 0.2) is 42.1 Å². The van der Waals surface area contributed by atoms with Gasteiger partial charge in [-0.25, -0.2) is 0 Å². The fraction of sp³-hybridized carbons (Fsp3) is 0.455. The number of alkyl halides is 4. The first kappa shape index (κ1) is 24.1. The van der Waals surface area contributed by atoms with E-state index < -0.39 is 29.8 Å². The molecule has 1 aromatic rings. The molecule has 2 atom stereocenters. The second-order valence-corrected chi connectivity index (χ2v) is 8.77. The zero-order valence-electron chi connectivity index (χ0n) is 17.4. The average Bonchev–Trinajstić information content (AvgIpc) is 2.72. The number of benzene rings is 1. The smallest absolute Gasteiger partial charge is 0.405 e. The summed E-state index contributed by atoms with van der Waals surface area (Å²) in [4.78, 5) is 25.1. The van der Waals surface area contributed by atoms with Crippen LogP contribution in [0.1, 0.15) is 38.2 Å². The van der Waals surface area contributed by atoms with Gasteiger partial charge in [-0.05, 0) is 43.9 Å². The van der Waals surface area contributed by atoms with Crippen LogP contribution in [0.5, 0.6) is 5.75 Å². The van der Waals surface area contributed by atoms with Gasteiger partial charge in [0.2, 0.25) is 11.8 Å². The van der Waals surface area contributed by atoms with Crippen molar-refractivity contribution in [1.29, 1.82) is 0 Å². The van der Waals surface area contributed by atoms with Gasteiger partial charge in [-0.1, -0.05) is 24.3 Å². The predicted molar refractivity (Wildman–Crippen MR) is 113 cm³/mol. The third kappa shape index (κ3) is 5.63. The van der Waals surface area contributed by atoms with Crippen LogP contribution in [-0.4, -0.2) is 52.3 Å². The number of nitrogens with zero attached hydrogens (tertiary/aromatic N) is 1. The number of carbonyl (C=O) groups is 2. The van der Waals surface area contributed by atoms with Crippen LogP contribution in [0.25, 0.3) is 5.57 Å². The van der Waals surface area contributed by atoms with Crippen molar-refractivity contribution in [3.63, 3.8) is 0 Å². The number of ether oxygens (including phenoxy) is 1. The highest BCUT2D eigenvalue weighted by molar-refractivity contribution is 6.30. The van der Waals surface area contributed by atoms with Gasteiger partial charge in [-0.2, -0.15) is 0 Å². The first-order valence-corrected chi connectivity index (χ1v) is 10.6. The molecule has 0 saturated carbocycles. The number of hydrogen-bond donors (Lipinski definition) is 2. The Morgan fingerprint density at radius 1 is 1.28 bits per heavy atom. The molecule has 6 nitrogen and oxygen atoms in total. The molecule has 0 radical (unpaired) electrons. The van der Waals surface area contributed by atoms with Gasteiger partial charge < -0.3 is 20.1 Å². The Kier molecular flexibility index (Phi) is 7.19. The molecule has 1 aromatic carbocycles. The van der Waals surface area contributed by atoms with Crippen molar-refractivity contribution in [1.82, 2.24) is 10.2 Å². The minimum atomic E-state index is -4.85. The van der Waals surface area contributed by atoms with Crippen molar-refractivity contribution >= 4 is 29.0 Å². The molecule has 3 rings (SSSR count). The van der Waals surface area contributed by atoms with Gasteiger partial charge in [-0.15, -0.1) is 24.8 Å². The lowest BCUT2D eigenvalue weighted by atomic mass is 9.85. The van der Waals surface area contributed by atoms with Gasteiger partial charge in [0.25, 0.3) is 0 Å². The van der Waals surface area contributed by atoms with Crippen molar-refractivity contribution in [3.05, 3.63) is 47.7 Å². The van der Waals surface area contributed by atoms with Crippen molar-refractivity contribution in [2.75, 3.05) is 13.2 Å². The van der Waals surface area contributed by atoms with E-state index >= 15 is 0 Å². The van der Waals surface area contributed by atoms with Crippen LogP contribution in [0.2, 0.25) is 0 Å². The van der Waals surface area contributed by atoms with Gasteiger partial charge in [0.15, 0.2) is 0 Å². The highest BCUT2D eigenvalue weighted by atomic mass is 35.5. The topological polar surface area (TPSA) is 78.9 Å². The number of para-hydroxylation sites is 1. The van der Waals surface area contributed by atoms with Crippen molar-refractivity contribution < 1.29 is 32.6 Å². The molecule has 2 amide bonds. The summed E-state index contributed by atoms with van der Waals surface area (Å²) in [5, 5.41) is 12.0. The molecule has 1 fully saturated rings. The van der Waals surface area contributed by atoms with Crippen LogP contribution in [-0.2, 0) is 9.59 Å². The second-order valence-electron chi connectivity index (χ2n) is 7.94. The number of aliphatic hydroxyl groups excluding tert-OH is 1. The molecule has 174 valence electrons. The van der Waals surface area contributed by atoms with Gasteiger partial charge >= 0.3 is 6.36 Å². The molecule has 0 aromatic heterocycles. The summed E-state index contributed by atoms with van der Waals surface area (Å²) in [6, 6.07) is 5.03. The molecule has 2 aliphatic rings. The summed E-state index contributed by atoms with van der Waals surface area (Å²) >= 11 is 6.69. The number of nitrogens with one attached hydrogen (secondary N) is 1. The minimum absolute atomic E-state index is 0.146. The molecular weight excluding hydrogens is 449 g/mol. The van der Waals surface area contributed by atoms with Gasteiger partial charge in [0.1, 0.15) is 18.4 Å². The number of piperidine rings is 1. The molecule has 2 unspecified atom stereocenters. The number of halogens is 4. The normalized spacial score (nSPS) is 23.8. The van der Waals surface area contributed by atoms with Crippen molar-refractivity contribution in [3.8, 4) is 5.75 Å². The molecule has 32 heavy (non-hydrogen) atoms. The summed E-state index contributed by atoms with van der Waals surface area (Å²) in [6.07, 6.45) is 0.453. The Bertz CT molecular complexity index is 943. The molecule has 1 aliphatic heterocycles. The predicted octanol–water partition coefficient (Wildman–Crippen LogP) is 3.74. The van der Waals surface area contributed by atoms with E-state index in [1.54, 1.807) is 25.1 Å². The lowest BCUT2D eigenvalue weighted by Gasteiger charge is -2.36. The number of rotatable bonds is 5. The number of hydrogen-bond acceptors (Lipinski definition) is 4. The number of likely N-dealkylation sites (tertiary alicyclic amines) is 1. The third-order valence-electron chi connectivity index (χ3n) is 5.48. The van der Waals surface area contributed by atoms with E-state index in [0.717, 1.165) is 12.8 Å². The molecule has 0 spiro atoms. The highest BCUT2D eigenvalue weighted by Gasteiger charge is 2.37. The van der Waals surface area contributed by atoms with Crippen LogP contribution < -0.4 is 10.1 Å². The maximum atomic E-state index is 12.8. The summed E-state index contributed by atoms with van der Waals surface area (Å²) in [6.45, 7) is 1.37. The number of amides is 2. The Balaban J connectivity index is 1.83. The van der Waals surface area contributed by atoms with Crippen molar-refractivity contribution in [2.45, 2.75) is 49.9 Å². The SMILES string of the molecule is CC1(Cl)CC(NC(=O)C2CCCCN2C(=O)CO)=CC=C1c1ccccc1OC(F)(F)F. The van der Waals surface area contributed by atoms with Crippen LogP contribution in [0.3, 0.4) is 0 Å². The lowest BCUT2D eigenvalue weighted by molar-refractivity contribution is -0.274. The Hall–Kier alpha value is -2.52. The molecule has 1 heterocycles. The zero-order chi connectivity index (χ0) is 23.5. The van der Waals surface area contributed by atoms with E-state index in [4.69, 9.17) is 16.7 Å². The standard InChI is InChI=1S/C22H24ClF3N2O4/c1-21(23)12-14(27-20(31)17-7-4-5-11-28(17)19(30)13-29)9-10-16(21)15-6-2-3-8-18(15)32-22(24,25)26/h2-3,6,8-10,17,29H,4-5,7,11-13H2,1H3,(H,27,31). The van der Waals surface area contributed by atoms with Gasteiger partial charge in [-0.3, -0.25) is 9.59 Å². The molecule has 1 aliphatic carbocycles. The van der Waals surface area contributed by atoms with Crippen molar-refractivity contribution in [2.24, 2.45) is 0 Å². The number of allylic oxidation sites excluding steroid dienone is 4. The van der Waals surface area contributed by atoms with Gasteiger partial charge in [0, 0.05) is 24.2 Å². The van der Waals surface area contributed by atoms with E-state index in [0.29, 0.717) is 24.2 Å². The van der Waals surface area contributed by atoms with E-state index in [1.165, 1.54) is 23.1 Å². The zero-order valence-corrected chi connectivity index (χ0v) is 18.2. The maximum Gasteiger partial charge on any atom is 0.573 e. The van der Waals surface area contributed by atoms with Crippen LogP contribution in [0.4, 0.5) is 13.2 Å². The summed E-state index contributed by atoms with van der Waals surface area (Å²) < 4.78 is 42.5.